The molecule has 0 atom stereocenters. The van der Waals surface area contributed by atoms with Gasteiger partial charge in [0.1, 0.15) is 0 Å². The molecular formula is C12H11F3N2O2. The number of hydrogen-bond acceptors (Lipinski definition) is 3. The Kier molecular flexibility index (Phi) is 3.21. The van der Waals surface area contributed by atoms with Crippen LogP contribution in [0.25, 0.3) is 0 Å². The first-order chi connectivity index (χ1) is 8.79. The van der Waals surface area contributed by atoms with Crippen LogP contribution in [0.4, 0.5) is 18.9 Å². The third kappa shape index (κ3) is 2.69. The molecule has 1 aromatic carbocycles. The SMILES string of the molecule is CN1C(=O)c2ccc(NCCC(F)(F)F)cc2C1=O. The summed E-state index contributed by atoms with van der Waals surface area (Å²) in [6.07, 6.45) is -5.19. The Balaban J connectivity index is 2.11. The summed E-state index contributed by atoms with van der Waals surface area (Å²) in [5.41, 5.74) is 0.873. The number of amides is 2. The number of carbonyl (C=O) groups is 2. The maximum absolute atomic E-state index is 12.0. The molecule has 2 rings (SSSR count). The highest BCUT2D eigenvalue weighted by molar-refractivity contribution is 6.21. The number of anilines is 1. The molecule has 0 bridgehead atoms. The second kappa shape index (κ2) is 4.56. The molecule has 4 nitrogen and oxygen atoms in total. The normalized spacial score (nSPS) is 14.8. The topological polar surface area (TPSA) is 49.4 Å². The number of hydrogen-bond donors (Lipinski definition) is 1. The predicted molar refractivity (Wildman–Crippen MR) is 62.0 cm³/mol. The third-order valence-electron chi connectivity index (χ3n) is 2.83. The van der Waals surface area contributed by atoms with Crippen LogP contribution in [-0.2, 0) is 0 Å². The molecular weight excluding hydrogens is 261 g/mol. The average molecular weight is 272 g/mol. The summed E-state index contributed by atoms with van der Waals surface area (Å²) in [5.74, 6) is -0.846. The van der Waals surface area contributed by atoms with Crippen molar-refractivity contribution in [2.24, 2.45) is 0 Å². The lowest BCUT2D eigenvalue weighted by Crippen LogP contribution is -2.24. The average Bonchev–Trinajstić information content (AvgIpc) is 2.53. The van der Waals surface area contributed by atoms with Crippen LogP contribution in [0.2, 0.25) is 0 Å². The molecule has 1 aromatic rings. The number of nitrogens with one attached hydrogen (secondary N) is 1. The standard InChI is InChI=1S/C12H11F3N2O2/c1-17-10(18)8-3-2-7(6-9(8)11(17)19)16-5-4-12(13,14)15/h2-3,6,16H,4-5H2,1H3. The number of nitrogens with zero attached hydrogens (tertiary/aromatic N) is 1. The molecule has 1 heterocycles. The van der Waals surface area contributed by atoms with E-state index in [4.69, 9.17) is 0 Å². The van der Waals surface area contributed by atoms with E-state index in [1.807, 2.05) is 0 Å². The molecule has 0 spiro atoms. The highest BCUT2D eigenvalue weighted by atomic mass is 19.4. The van der Waals surface area contributed by atoms with Gasteiger partial charge in [-0.3, -0.25) is 14.5 Å². The summed E-state index contributed by atoms with van der Waals surface area (Å²) < 4.78 is 36.0. The highest BCUT2D eigenvalue weighted by Gasteiger charge is 2.32. The molecule has 0 saturated heterocycles. The Labute approximate surface area is 107 Å². The molecule has 1 aliphatic heterocycles. The van der Waals surface area contributed by atoms with E-state index in [1.165, 1.54) is 25.2 Å². The van der Waals surface area contributed by atoms with E-state index in [9.17, 15) is 22.8 Å². The van der Waals surface area contributed by atoms with Crippen LogP contribution in [0.3, 0.4) is 0 Å². The first-order valence-corrected chi connectivity index (χ1v) is 5.56. The Morgan fingerprint density at radius 2 is 1.79 bits per heavy atom. The molecule has 1 aliphatic rings. The lowest BCUT2D eigenvalue weighted by Gasteiger charge is -2.09. The molecule has 1 N–H and O–H groups in total. The van der Waals surface area contributed by atoms with E-state index in [0.29, 0.717) is 5.69 Å². The van der Waals surface area contributed by atoms with Crippen molar-refractivity contribution in [1.29, 1.82) is 0 Å². The van der Waals surface area contributed by atoms with E-state index < -0.39 is 24.4 Å². The quantitative estimate of drug-likeness (QED) is 0.859. The third-order valence-corrected chi connectivity index (χ3v) is 2.83. The molecule has 0 aromatic heterocycles. The van der Waals surface area contributed by atoms with Crippen molar-refractivity contribution in [3.8, 4) is 0 Å². The minimum absolute atomic E-state index is 0.213. The minimum Gasteiger partial charge on any atom is -0.385 e. The maximum atomic E-state index is 12.0. The van der Waals surface area contributed by atoms with E-state index in [2.05, 4.69) is 5.32 Å². The van der Waals surface area contributed by atoms with Crippen LogP contribution in [0.15, 0.2) is 18.2 Å². The van der Waals surface area contributed by atoms with Gasteiger partial charge in [-0.25, -0.2) is 0 Å². The van der Waals surface area contributed by atoms with E-state index in [-0.39, 0.29) is 17.7 Å². The first-order valence-electron chi connectivity index (χ1n) is 5.56. The molecule has 0 radical (unpaired) electrons. The fraction of sp³-hybridized carbons (Fsp3) is 0.333. The number of fused-ring (bicyclic) bond motifs is 1. The Morgan fingerprint density at radius 1 is 1.16 bits per heavy atom. The number of imide groups is 1. The van der Waals surface area contributed by atoms with Gasteiger partial charge in [0.2, 0.25) is 0 Å². The van der Waals surface area contributed by atoms with Crippen LogP contribution >= 0.6 is 0 Å². The zero-order chi connectivity index (χ0) is 14.2. The van der Waals surface area contributed by atoms with Crippen LogP contribution < -0.4 is 5.32 Å². The number of rotatable bonds is 3. The number of halogens is 3. The van der Waals surface area contributed by atoms with Gasteiger partial charge in [-0.1, -0.05) is 0 Å². The minimum atomic E-state index is -4.23. The Bertz CT molecular complexity index is 540. The van der Waals surface area contributed by atoms with Crippen LogP contribution in [-0.4, -0.2) is 36.5 Å². The molecule has 7 heteroatoms. The monoisotopic (exact) mass is 272 g/mol. The lowest BCUT2D eigenvalue weighted by molar-refractivity contribution is -0.131. The first kappa shape index (κ1) is 13.4. The predicted octanol–water partition coefficient (Wildman–Crippen LogP) is 2.28. The van der Waals surface area contributed by atoms with Gasteiger partial charge in [0.15, 0.2) is 0 Å². The molecule has 2 amide bonds. The summed E-state index contributed by atoms with van der Waals surface area (Å²) in [6, 6.07) is 4.32. The van der Waals surface area contributed by atoms with Crippen LogP contribution in [0, 0.1) is 0 Å². The highest BCUT2D eigenvalue weighted by Crippen LogP contribution is 2.25. The Hall–Kier alpha value is -2.05. The van der Waals surface area contributed by atoms with Gasteiger partial charge >= 0.3 is 6.18 Å². The van der Waals surface area contributed by atoms with Gasteiger partial charge in [0.05, 0.1) is 17.5 Å². The molecule has 102 valence electrons. The molecule has 0 saturated carbocycles. The van der Waals surface area contributed by atoms with E-state index in [1.54, 1.807) is 0 Å². The van der Waals surface area contributed by atoms with E-state index in [0.717, 1.165) is 4.90 Å². The van der Waals surface area contributed by atoms with Crippen LogP contribution in [0.5, 0.6) is 0 Å². The van der Waals surface area contributed by atoms with Crippen LogP contribution in [0.1, 0.15) is 27.1 Å². The molecule has 0 fully saturated rings. The number of benzene rings is 1. The summed E-state index contributed by atoms with van der Waals surface area (Å²) in [7, 11) is 1.36. The summed E-state index contributed by atoms with van der Waals surface area (Å²) in [4.78, 5) is 24.3. The molecule has 0 aliphatic carbocycles. The second-order valence-electron chi connectivity index (χ2n) is 4.22. The second-order valence-corrected chi connectivity index (χ2v) is 4.22. The molecule has 19 heavy (non-hydrogen) atoms. The number of alkyl halides is 3. The zero-order valence-electron chi connectivity index (χ0n) is 10.0. The van der Waals surface area contributed by atoms with Gasteiger partial charge in [-0.05, 0) is 18.2 Å². The van der Waals surface area contributed by atoms with Gasteiger partial charge in [-0.15, -0.1) is 0 Å². The zero-order valence-corrected chi connectivity index (χ0v) is 10.0. The molecule has 0 unspecified atom stereocenters. The lowest BCUT2D eigenvalue weighted by atomic mass is 10.1. The van der Waals surface area contributed by atoms with Gasteiger partial charge in [0.25, 0.3) is 11.8 Å². The van der Waals surface area contributed by atoms with Crippen molar-refractivity contribution in [1.82, 2.24) is 4.90 Å². The number of carbonyl (C=O) groups excluding carboxylic acids is 2. The van der Waals surface area contributed by atoms with Crippen molar-refractivity contribution < 1.29 is 22.8 Å². The summed E-state index contributed by atoms with van der Waals surface area (Å²) in [6.45, 7) is -0.278. The maximum Gasteiger partial charge on any atom is 0.390 e. The summed E-state index contributed by atoms with van der Waals surface area (Å²) >= 11 is 0. The van der Waals surface area contributed by atoms with Crippen molar-refractivity contribution in [2.75, 3.05) is 18.9 Å². The van der Waals surface area contributed by atoms with Gasteiger partial charge in [-0.2, -0.15) is 13.2 Å². The van der Waals surface area contributed by atoms with Crippen molar-refractivity contribution in [3.05, 3.63) is 29.3 Å². The fourth-order valence-corrected chi connectivity index (χ4v) is 1.82. The smallest absolute Gasteiger partial charge is 0.385 e. The summed E-state index contributed by atoms with van der Waals surface area (Å²) in [5, 5.41) is 2.58. The van der Waals surface area contributed by atoms with Crippen molar-refractivity contribution >= 4 is 17.5 Å². The Morgan fingerprint density at radius 3 is 2.42 bits per heavy atom. The van der Waals surface area contributed by atoms with Gasteiger partial charge < -0.3 is 5.32 Å². The van der Waals surface area contributed by atoms with Crippen molar-refractivity contribution in [3.63, 3.8) is 0 Å². The largest absolute Gasteiger partial charge is 0.390 e. The fourth-order valence-electron chi connectivity index (χ4n) is 1.82. The van der Waals surface area contributed by atoms with Gasteiger partial charge in [0, 0.05) is 19.3 Å². The van der Waals surface area contributed by atoms with Crippen molar-refractivity contribution in [2.45, 2.75) is 12.6 Å². The van der Waals surface area contributed by atoms with E-state index >= 15 is 0 Å².